The number of aliphatic hydroxyl groups excluding tert-OH is 2. The summed E-state index contributed by atoms with van der Waals surface area (Å²) in [6.07, 6.45) is -2.61. The second kappa shape index (κ2) is 7.86. The molecule has 1 heterocycles. The molecule has 0 aromatic heterocycles. The van der Waals surface area contributed by atoms with Gasteiger partial charge >= 0.3 is 5.97 Å². The topological polar surface area (TPSA) is 165 Å². The maximum absolute atomic E-state index is 13.3. The molecule has 0 amide bonds. The van der Waals surface area contributed by atoms with Crippen molar-refractivity contribution >= 4 is 11.8 Å². The highest BCUT2D eigenvalue weighted by molar-refractivity contribution is 5.89. The Hall–Kier alpha value is -1.36. The van der Waals surface area contributed by atoms with Gasteiger partial charge < -0.3 is 35.4 Å². The molecule has 9 heteroatoms. The number of esters is 1. The molecule has 208 valence electrons. The molecule has 0 bridgehead atoms. The summed E-state index contributed by atoms with van der Waals surface area (Å²) in [5, 5.41) is 70.9. The maximum Gasteiger partial charge on any atom is 0.334 e. The van der Waals surface area contributed by atoms with Crippen LogP contribution < -0.4 is 0 Å². The SMILES string of the molecule is CC1=C(C)C(=O)O[C@@H]([C@](C)(O)[C@]2(O)C[C@H](O)[C@@]3(O)[C@@H]4C[C@H](O)[C@@]5(O)CCCC(=O)[C@]5(C)[C@H]4CC[C@@]32C)C1. The van der Waals surface area contributed by atoms with E-state index in [1.807, 2.05) is 0 Å². The van der Waals surface area contributed by atoms with Crippen molar-refractivity contribution in [2.24, 2.45) is 22.7 Å². The first-order valence-electron chi connectivity index (χ1n) is 13.6. The maximum atomic E-state index is 13.3. The van der Waals surface area contributed by atoms with E-state index in [-0.39, 0.29) is 44.3 Å². The van der Waals surface area contributed by atoms with Gasteiger partial charge in [-0.2, -0.15) is 0 Å². The molecule has 4 aliphatic carbocycles. The van der Waals surface area contributed by atoms with Gasteiger partial charge in [0.15, 0.2) is 0 Å². The van der Waals surface area contributed by atoms with Crippen LogP contribution in [0.5, 0.6) is 0 Å². The number of hydrogen-bond donors (Lipinski definition) is 6. The Bertz CT molecular complexity index is 1070. The van der Waals surface area contributed by atoms with Gasteiger partial charge in [-0.1, -0.05) is 12.5 Å². The van der Waals surface area contributed by atoms with Crippen LogP contribution in [-0.4, -0.2) is 83.1 Å². The molecule has 9 nitrogen and oxygen atoms in total. The number of carbonyl (C=O) groups is 2. The third-order valence-corrected chi connectivity index (χ3v) is 12.2. The first kappa shape index (κ1) is 27.2. The van der Waals surface area contributed by atoms with Crippen LogP contribution in [0.25, 0.3) is 0 Å². The quantitative estimate of drug-likeness (QED) is 0.289. The Morgan fingerprint density at radius 2 is 1.65 bits per heavy atom. The fourth-order valence-corrected chi connectivity index (χ4v) is 9.37. The van der Waals surface area contributed by atoms with Crippen LogP contribution in [0.2, 0.25) is 0 Å². The number of Topliss-reactive ketones (excluding diaryl/α,β-unsaturated/α-hetero) is 1. The summed E-state index contributed by atoms with van der Waals surface area (Å²) >= 11 is 0. The summed E-state index contributed by atoms with van der Waals surface area (Å²) in [7, 11) is 0. The fraction of sp³-hybridized carbons (Fsp3) is 0.857. The average molecular weight is 523 g/mol. The highest BCUT2D eigenvalue weighted by Crippen LogP contribution is 2.71. The number of cyclic esters (lactones) is 1. The predicted molar refractivity (Wildman–Crippen MR) is 131 cm³/mol. The molecule has 0 aromatic carbocycles. The van der Waals surface area contributed by atoms with Gasteiger partial charge in [-0.15, -0.1) is 0 Å². The second-order valence-corrected chi connectivity index (χ2v) is 13.3. The molecule has 0 spiro atoms. The van der Waals surface area contributed by atoms with E-state index < -0.39 is 69.4 Å². The van der Waals surface area contributed by atoms with Crippen LogP contribution in [0.3, 0.4) is 0 Å². The largest absolute Gasteiger partial charge is 0.455 e. The molecule has 37 heavy (non-hydrogen) atoms. The van der Waals surface area contributed by atoms with E-state index >= 15 is 0 Å². The monoisotopic (exact) mass is 522 g/mol. The molecule has 1 aliphatic heterocycles. The Kier molecular flexibility index (Phi) is 5.78. The highest BCUT2D eigenvalue weighted by atomic mass is 16.6. The number of fused-ring (bicyclic) bond motifs is 5. The molecule has 6 N–H and O–H groups in total. The number of ether oxygens (including phenoxy) is 1. The highest BCUT2D eigenvalue weighted by Gasteiger charge is 2.81. The average Bonchev–Trinajstić information content (AvgIpc) is 2.98. The van der Waals surface area contributed by atoms with Crippen molar-refractivity contribution in [2.75, 3.05) is 0 Å². The minimum atomic E-state index is -2.06. The van der Waals surface area contributed by atoms with Crippen LogP contribution in [0.15, 0.2) is 11.1 Å². The summed E-state index contributed by atoms with van der Waals surface area (Å²) < 4.78 is 5.55. The van der Waals surface area contributed by atoms with E-state index in [4.69, 9.17) is 4.74 Å². The lowest BCUT2D eigenvalue weighted by Gasteiger charge is -2.67. The summed E-state index contributed by atoms with van der Waals surface area (Å²) in [5.74, 6) is -2.09. The van der Waals surface area contributed by atoms with Crippen molar-refractivity contribution in [3.05, 3.63) is 11.1 Å². The lowest BCUT2D eigenvalue weighted by atomic mass is 9.40. The summed E-state index contributed by atoms with van der Waals surface area (Å²) in [6.45, 7) is 8.09. The molecular weight excluding hydrogens is 480 g/mol. The molecule has 5 aliphatic rings. The zero-order valence-electron chi connectivity index (χ0n) is 22.5. The van der Waals surface area contributed by atoms with E-state index in [0.717, 1.165) is 5.57 Å². The first-order valence-corrected chi connectivity index (χ1v) is 13.6. The number of ketones is 1. The third-order valence-electron chi connectivity index (χ3n) is 12.2. The van der Waals surface area contributed by atoms with E-state index in [2.05, 4.69) is 0 Å². The van der Waals surface area contributed by atoms with Gasteiger partial charge in [0.05, 0.1) is 17.6 Å². The van der Waals surface area contributed by atoms with Crippen molar-refractivity contribution in [2.45, 2.75) is 127 Å². The van der Waals surface area contributed by atoms with Crippen LogP contribution in [0.4, 0.5) is 0 Å². The van der Waals surface area contributed by atoms with Crippen LogP contribution >= 0.6 is 0 Å². The second-order valence-electron chi connectivity index (χ2n) is 13.3. The smallest absolute Gasteiger partial charge is 0.334 e. The zero-order chi connectivity index (χ0) is 27.6. The zero-order valence-corrected chi connectivity index (χ0v) is 22.5. The third kappa shape index (κ3) is 2.91. The molecule has 4 fully saturated rings. The molecule has 11 atom stereocenters. The number of rotatable bonds is 2. The Balaban J connectivity index is 1.59. The summed E-state index contributed by atoms with van der Waals surface area (Å²) in [4.78, 5) is 25.8. The van der Waals surface area contributed by atoms with Gasteiger partial charge in [0.2, 0.25) is 0 Å². The molecule has 0 saturated heterocycles. The van der Waals surface area contributed by atoms with Gasteiger partial charge in [-0.3, -0.25) is 4.79 Å². The van der Waals surface area contributed by atoms with Gasteiger partial charge in [-0.05, 0) is 71.6 Å². The summed E-state index contributed by atoms with van der Waals surface area (Å²) in [5.41, 5.74) is -9.31. The van der Waals surface area contributed by atoms with Gasteiger partial charge in [0, 0.05) is 30.3 Å². The van der Waals surface area contributed by atoms with Gasteiger partial charge in [-0.25, -0.2) is 4.79 Å². The fourth-order valence-electron chi connectivity index (χ4n) is 9.37. The molecule has 4 saturated carbocycles. The van der Waals surface area contributed by atoms with E-state index in [0.29, 0.717) is 18.4 Å². The first-order chi connectivity index (χ1) is 16.9. The molecule has 0 unspecified atom stereocenters. The Labute approximate surface area is 217 Å². The molecule has 5 rings (SSSR count). The van der Waals surface area contributed by atoms with Crippen molar-refractivity contribution in [3.8, 4) is 0 Å². The van der Waals surface area contributed by atoms with Crippen molar-refractivity contribution < 1.29 is 45.0 Å². The van der Waals surface area contributed by atoms with E-state index in [1.54, 1.807) is 27.7 Å². The lowest BCUT2D eigenvalue weighted by molar-refractivity contribution is -0.310. The normalized spacial score (nSPS) is 53.6. The van der Waals surface area contributed by atoms with E-state index in [1.165, 1.54) is 6.92 Å². The molecule has 0 radical (unpaired) electrons. The molecule has 0 aromatic rings. The minimum Gasteiger partial charge on any atom is -0.455 e. The van der Waals surface area contributed by atoms with Gasteiger partial charge in [0.1, 0.15) is 34.3 Å². The van der Waals surface area contributed by atoms with Crippen molar-refractivity contribution in [1.82, 2.24) is 0 Å². The number of hydrogen-bond acceptors (Lipinski definition) is 9. The van der Waals surface area contributed by atoms with E-state index in [9.17, 15) is 40.2 Å². The van der Waals surface area contributed by atoms with Crippen LogP contribution in [0.1, 0.15) is 86.0 Å². The summed E-state index contributed by atoms with van der Waals surface area (Å²) in [6, 6.07) is 0. The van der Waals surface area contributed by atoms with Crippen molar-refractivity contribution in [1.29, 1.82) is 0 Å². The van der Waals surface area contributed by atoms with Crippen molar-refractivity contribution in [3.63, 3.8) is 0 Å². The Morgan fingerprint density at radius 1 is 1.00 bits per heavy atom. The minimum absolute atomic E-state index is 0.0507. The van der Waals surface area contributed by atoms with Gasteiger partial charge in [0.25, 0.3) is 0 Å². The lowest BCUT2D eigenvalue weighted by Crippen LogP contribution is -2.77. The Morgan fingerprint density at radius 3 is 2.27 bits per heavy atom. The van der Waals surface area contributed by atoms with Crippen LogP contribution in [0, 0.1) is 22.7 Å². The molecular formula is C28H42O9. The number of aliphatic hydroxyl groups is 6. The standard InChI is InChI=1S/C28H42O9/c1-14-11-21(37-22(32)15(14)2)25(5,33)27(35)13-20(31)28(36)17-12-19(30)26(34)9-6-7-18(29)24(26,4)16(17)8-10-23(27,28)3/h16-17,19-21,30-31,33-36H,6-13H2,1-5H3/t16-,17+,19-,20-,21+,23+,24-,25-,26-,27-,28-/m0/s1. The number of carbonyl (C=O) groups excluding carboxylic acids is 2. The predicted octanol–water partition coefficient (Wildman–Crippen LogP) is 0.904. The van der Waals surface area contributed by atoms with Crippen LogP contribution in [-0.2, 0) is 14.3 Å².